The number of hydrogen-bond acceptors (Lipinski definition) is 5. The Hall–Kier alpha value is -1.72. The number of aryl methyl sites for hydroxylation is 1. The monoisotopic (exact) mass is 278 g/mol. The molecular formula is C15H18O5. The van der Waals surface area contributed by atoms with Crippen LogP contribution in [0, 0.1) is 5.92 Å². The van der Waals surface area contributed by atoms with Crippen LogP contribution in [0.4, 0.5) is 0 Å². The Kier molecular flexibility index (Phi) is 4.52. The maximum absolute atomic E-state index is 12.0. The van der Waals surface area contributed by atoms with Gasteiger partial charge in [0.25, 0.3) is 0 Å². The van der Waals surface area contributed by atoms with Crippen LogP contribution in [-0.2, 0) is 27.2 Å². The third kappa shape index (κ3) is 3.23. The summed E-state index contributed by atoms with van der Waals surface area (Å²) in [6, 6.07) is 5.15. The van der Waals surface area contributed by atoms with Crippen molar-refractivity contribution in [1.82, 2.24) is 0 Å². The van der Waals surface area contributed by atoms with E-state index in [1.165, 1.54) is 7.11 Å². The molecule has 0 saturated heterocycles. The summed E-state index contributed by atoms with van der Waals surface area (Å²) in [6.45, 7) is 0. The highest BCUT2D eigenvalue weighted by Crippen LogP contribution is 2.27. The molecule has 5 heteroatoms. The highest BCUT2D eigenvalue weighted by atomic mass is 16.5. The number of rotatable bonds is 3. The lowest BCUT2D eigenvalue weighted by Gasteiger charge is -2.13. The first-order valence-electron chi connectivity index (χ1n) is 6.58. The minimum atomic E-state index is -1.51. The Labute approximate surface area is 117 Å². The zero-order chi connectivity index (χ0) is 14.7. The van der Waals surface area contributed by atoms with E-state index in [4.69, 9.17) is 0 Å². The highest BCUT2D eigenvalue weighted by Gasteiger charge is 2.26. The van der Waals surface area contributed by atoms with Gasteiger partial charge in [-0.25, -0.2) is 0 Å². The second-order valence-electron chi connectivity index (χ2n) is 5.05. The number of carbonyl (C=O) groups is 2. The molecule has 20 heavy (non-hydrogen) atoms. The quantitative estimate of drug-likeness (QED) is 0.488. The van der Waals surface area contributed by atoms with Crippen LogP contribution in [0.15, 0.2) is 18.2 Å². The van der Waals surface area contributed by atoms with Crippen LogP contribution < -0.4 is 0 Å². The summed E-state index contributed by atoms with van der Waals surface area (Å²) in [7, 11) is 1.31. The lowest BCUT2D eigenvalue weighted by molar-refractivity contribution is -0.143. The van der Waals surface area contributed by atoms with Crippen molar-refractivity contribution in [3.8, 4) is 0 Å². The number of Topliss-reactive ketones (excluding diaryl/α,β-unsaturated/α-hetero) is 1. The Morgan fingerprint density at radius 2 is 2.10 bits per heavy atom. The van der Waals surface area contributed by atoms with E-state index in [9.17, 15) is 19.8 Å². The summed E-state index contributed by atoms with van der Waals surface area (Å²) in [4.78, 5) is 23.4. The Bertz CT molecular complexity index is 521. The molecule has 1 aliphatic rings. The fourth-order valence-electron chi connectivity index (χ4n) is 2.55. The highest BCUT2D eigenvalue weighted by molar-refractivity contribution is 5.86. The Morgan fingerprint density at radius 1 is 1.35 bits per heavy atom. The molecule has 1 unspecified atom stereocenters. The molecule has 0 heterocycles. The first-order valence-corrected chi connectivity index (χ1v) is 6.58. The number of ketones is 1. The van der Waals surface area contributed by atoms with E-state index in [1.807, 2.05) is 0 Å². The number of aliphatic hydroxyl groups excluding tert-OH is 1. The number of carbonyl (C=O) groups excluding carboxylic acids is 2. The molecule has 1 aromatic carbocycles. The average molecular weight is 278 g/mol. The number of aliphatic hydroxyl groups is 2. The Balaban J connectivity index is 2.23. The van der Waals surface area contributed by atoms with Gasteiger partial charge >= 0.3 is 5.97 Å². The molecule has 0 spiro atoms. The van der Waals surface area contributed by atoms with Crippen molar-refractivity contribution in [1.29, 1.82) is 0 Å². The molecule has 0 aromatic heterocycles. The van der Waals surface area contributed by atoms with Gasteiger partial charge in [-0.2, -0.15) is 0 Å². The molecule has 0 bridgehead atoms. The SMILES string of the molecule is COC(=O)CC1Cc2ccc(C(O)O)cc2CCC1=O. The Morgan fingerprint density at radius 3 is 2.75 bits per heavy atom. The van der Waals surface area contributed by atoms with Crippen LogP contribution in [0.3, 0.4) is 0 Å². The van der Waals surface area contributed by atoms with Crippen molar-refractivity contribution < 1.29 is 24.5 Å². The molecule has 1 aromatic rings. The lowest BCUT2D eigenvalue weighted by atomic mass is 9.92. The predicted molar refractivity (Wildman–Crippen MR) is 70.8 cm³/mol. The van der Waals surface area contributed by atoms with Crippen molar-refractivity contribution in [2.45, 2.75) is 32.0 Å². The van der Waals surface area contributed by atoms with E-state index in [0.717, 1.165) is 11.1 Å². The van der Waals surface area contributed by atoms with Gasteiger partial charge in [-0.3, -0.25) is 9.59 Å². The molecule has 2 rings (SSSR count). The number of esters is 1. The molecule has 5 nitrogen and oxygen atoms in total. The van der Waals surface area contributed by atoms with Gasteiger partial charge in [0.05, 0.1) is 13.5 Å². The van der Waals surface area contributed by atoms with E-state index < -0.39 is 6.29 Å². The van der Waals surface area contributed by atoms with Crippen molar-refractivity contribution in [3.63, 3.8) is 0 Å². The predicted octanol–water partition coefficient (Wildman–Crippen LogP) is 0.907. The molecule has 0 saturated carbocycles. The van der Waals surface area contributed by atoms with Crippen LogP contribution in [0.5, 0.6) is 0 Å². The fraction of sp³-hybridized carbons (Fsp3) is 0.467. The van der Waals surface area contributed by atoms with Crippen LogP contribution in [0.2, 0.25) is 0 Å². The zero-order valence-electron chi connectivity index (χ0n) is 11.3. The topological polar surface area (TPSA) is 83.8 Å². The van der Waals surface area contributed by atoms with Gasteiger partial charge in [0.1, 0.15) is 5.78 Å². The maximum Gasteiger partial charge on any atom is 0.306 e. The van der Waals surface area contributed by atoms with Gasteiger partial charge in [-0.15, -0.1) is 0 Å². The molecular weight excluding hydrogens is 260 g/mol. The number of methoxy groups -OCH3 is 1. The second kappa shape index (κ2) is 6.15. The van der Waals surface area contributed by atoms with E-state index >= 15 is 0 Å². The van der Waals surface area contributed by atoms with Gasteiger partial charge in [0, 0.05) is 17.9 Å². The van der Waals surface area contributed by atoms with Gasteiger partial charge in [-0.1, -0.05) is 18.2 Å². The average Bonchev–Trinajstić information content (AvgIpc) is 2.58. The summed E-state index contributed by atoms with van der Waals surface area (Å²) < 4.78 is 4.62. The van der Waals surface area contributed by atoms with Gasteiger partial charge < -0.3 is 14.9 Å². The van der Waals surface area contributed by atoms with Crippen molar-refractivity contribution in [2.75, 3.05) is 7.11 Å². The zero-order valence-corrected chi connectivity index (χ0v) is 11.3. The summed E-state index contributed by atoms with van der Waals surface area (Å²) in [6.07, 6.45) is 0.00103. The van der Waals surface area contributed by atoms with Gasteiger partial charge in [-0.05, 0) is 24.0 Å². The third-order valence-electron chi connectivity index (χ3n) is 3.73. The van der Waals surface area contributed by atoms with Crippen molar-refractivity contribution >= 4 is 11.8 Å². The molecule has 108 valence electrons. The summed E-state index contributed by atoms with van der Waals surface area (Å²) in [5.74, 6) is -0.680. The summed E-state index contributed by atoms with van der Waals surface area (Å²) in [5.41, 5.74) is 2.34. The van der Waals surface area contributed by atoms with Crippen LogP contribution in [0.25, 0.3) is 0 Å². The van der Waals surface area contributed by atoms with Crippen LogP contribution >= 0.6 is 0 Å². The van der Waals surface area contributed by atoms with Gasteiger partial charge in [0.15, 0.2) is 6.29 Å². The van der Waals surface area contributed by atoms with Crippen LogP contribution in [0.1, 0.15) is 35.8 Å². The fourth-order valence-corrected chi connectivity index (χ4v) is 2.55. The number of fused-ring (bicyclic) bond motifs is 1. The number of hydrogen-bond donors (Lipinski definition) is 2. The van der Waals surface area contributed by atoms with E-state index in [0.29, 0.717) is 24.8 Å². The number of benzene rings is 1. The smallest absolute Gasteiger partial charge is 0.306 e. The van der Waals surface area contributed by atoms with Crippen LogP contribution in [-0.4, -0.2) is 29.1 Å². The molecule has 0 aliphatic heterocycles. The minimum absolute atomic E-state index is 0.0534. The molecule has 2 N–H and O–H groups in total. The molecule has 1 aliphatic carbocycles. The minimum Gasteiger partial charge on any atom is -0.469 e. The second-order valence-corrected chi connectivity index (χ2v) is 5.05. The summed E-state index contributed by atoms with van der Waals surface area (Å²) >= 11 is 0. The maximum atomic E-state index is 12.0. The molecule has 0 radical (unpaired) electrons. The number of ether oxygens (including phenoxy) is 1. The van der Waals surface area contributed by atoms with Crippen molar-refractivity contribution in [3.05, 3.63) is 34.9 Å². The van der Waals surface area contributed by atoms with E-state index in [-0.39, 0.29) is 24.1 Å². The standard InChI is InChI=1S/C15H18O5/c1-20-14(17)8-12-7-9-2-3-11(15(18)19)6-10(9)4-5-13(12)16/h2-3,6,12,15,18-19H,4-5,7-8H2,1H3. The summed E-state index contributed by atoms with van der Waals surface area (Å²) in [5, 5.41) is 18.4. The van der Waals surface area contributed by atoms with Gasteiger partial charge in [0.2, 0.25) is 0 Å². The first-order chi connectivity index (χ1) is 9.51. The van der Waals surface area contributed by atoms with Crippen molar-refractivity contribution in [2.24, 2.45) is 5.92 Å². The molecule has 0 amide bonds. The largest absolute Gasteiger partial charge is 0.469 e. The third-order valence-corrected chi connectivity index (χ3v) is 3.73. The van der Waals surface area contributed by atoms with E-state index in [1.54, 1.807) is 18.2 Å². The molecule has 0 fully saturated rings. The normalized spacial score (nSPS) is 18.6. The lowest BCUT2D eigenvalue weighted by Crippen LogP contribution is -2.20. The van der Waals surface area contributed by atoms with E-state index in [2.05, 4.69) is 4.74 Å². The first kappa shape index (κ1) is 14.7. The molecule has 1 atom stereocenters.